The Bertz CT molecular complexity index is 537. The lowest BCUT2D eigenvalue weighted by atomic mass is 10.3. The van der Waals surface area contributed by atoms with Gasteiger partial charge < -0.3 is 10.2 Å². The molecular weight excluding hydrogens is 258 g/mol. The third-order valence-corrected chi connectivity index (χ3v) is 2.55. The molecule has 2 aromatic rings. The quantitative estimate of drug-likeness (QED) is 0.497. The van der Waals surface area contributed by atoms with Crippen molar-refractivity contribution in [2.24, 2.45) is 5.84 Å². The Kier molecular flexibility index (Phi) is 4.31. The van der Waals surface area contributed by atoms with Crippen LogP contribution < -0.4 is 21.5 Å². The van der Waals surface area contributed by atoms with Gasteiger partial charge in [-0.1, -0.05) is 0 Å². The van der Waals surface area contributed by atoms with E-state index in [1.54, 1.807) is 11.1 Å². The zero-order valence-electron chi connectivity index (χ0n) is 11.8. The van der Waals surface area contributed by atoms with E-state index in [9.17, 15) is 0 Å². The van der Waals surface area contributed by atoms with Gasteiger partial charge in [-0.25, -0.2) is 5.84 Å². The molecule has 0 aromatic carbocycles. The number of nitrogens with two attached hydrogens (primary N) is 1. The standard InChI is InChI=1S/C11H19N9/c1-8(7-20-6-4-5-13-20)14-9-15-10(18-12)17-11(16-9)19(2)3/h4-6,8H,7,12H2,1-3H3,(H2,14,15,16,17,18). The molecule has 2 rings (SSSR count). The van der Waals surface area contributed by atoms with E-state index in [1.807, 2.05) is 38.0 Å². The molecule has 0 spiro atoms. The van der Waals surface area contributed by atoms with Crippen LogP contribution in [0.4, 0.5) is 17.8 Å². The smallest absolute Gasteiger partial charge is 0.243 e. The molecule has 0 saturated heterocycles. The van der Waals surface area contributed by atoms with Crippen LogP contribution in [-0.4, -0.2) is 44.9 Å². The first-order valence-electron chi connectivity index (χ1n) is 6.22. The van der Waals surface area contributed by atoms with Crippen molar-refractivity contribution in [3.05, 3.63) is 18.5 Å². The molecule has 9 nitrogen and oxygen atoms in total. The summed E-state index contributed by atoms with van der Waals surface area (Å²) in [4.78, 5) is 14.4. The summed E-state index contributed by atoms with van der Waals surface area (Å²) >= 11 is 0. The fourth-order valence-electron chi connectivity index (χ4n) is 1.65. The Morgan fingerprint density at radius 2 is 2.05 bits per heavy atom. The Morgan fingerprint density at radius 3 is 2.65 bits per heavy atom. The van der Waals surface area contributed by atoms with Crippen LogP contribution in [0.1, 0.15) is 6.92 Å². The maximum atomic E-state index is 5.37. The van der Waals surface area contributed by atoms with Crippen molar-refractivity contribution >= 4 is 17.8 Å². The summed E-state index contributed by atoms with van der Waals surface area (Å²) in [6.45, 7) is 2.73. The minimum Gasteiger partial charge on any atom is -0.350 e. The highest BCUT2D eigenvalue weighted by atomic mass is 15.4. The summed E-state index contributed by atoms with van der Waals surface area (Å²) in [5, 5.41) is 7.37. The van der Waals surface area contributed by atoms with Crippen LogP contribution in [0, 0.1) is 0 Å². The SMILES string of the molecule is CC(Cn1cccn1)Nc1nc(NN)nc(N(C)C)n1. The molecule has 108 valence electrons. The van der Waals surface area contributed by atoms with Crippen LogP contribution in [-0.2, 0) is 6.54 Å². The van der Waals surface area contributed by atoms with Crippen molar-refractivity contribution in [2.45, 2.75) is 19.5 Å². The van der Waals surface area contributed by atoms with Gasteiger partial charge in [0.15, 0.2) is 0 Å². The lowest BCUT2D eigenvalue weighted by Crippen LogP contribution is -2.25. The molecular formula is C11H19N9. The molecule has 0 aliphatic rings. The highest BCUT2D eigenvalue weighted by Gasteiger charge is 2.10. The highest BCUT2D eigenvalue weighted by Crippen LogP contribution is 2.11. The largest absolute Gasteiger partial charge is 0.350 e. The van der Waals surface area contributed by atoms with E-state index in [0.717, 1.165) is 0 Å². The van der Waals surface area contributed by atoms with Gasteiger partial charge in [0.1, 0.15) is 0 Å². The van der Waals surface area contributed by atoms with Crippen molar-refractivity contribution in [3.8, 4) is 0 Å². The molecule has 0 bridgehead atoms. The number of anilines is 3. The molecule has 20 heavy (non-hydrogen) atoms. The molecule has 0 amide bonds. The molecule has 0 saturated carbocycles. The second kappa shape index (κ2) is 6.15. The molecule has 1 atom stereocenters. The third kappa shape index (κ3) is 3.54. The van der Waals surface area contributed by atoms with Crippen molar-refractivity contribution in [2.75, 3.05) is 29.7 Å². The average Bonchev–Trinajstić information content (AvgIpc) is 2.90. The lowest BCUT2D eigenvalue weighted by Gasteiger charge is -2.16. The molecule has 2 aromatic heterocycles. The predicted molar refractivity (Wildman–Crippen MR) is 77.3 cm³/mol. The van der Waals surface area contributed by atoms with E-state index >= 15 is 0 Å². The monoisotopic (exact) mass is 277 g/mol. The Labute approximate surface area is 117 Å². The van der Waals surface area contributed by atoms with Gasteiger partial charge in [-0.2, -0.15) is 20.1 Å². The van der Waals surface area contributed by atoms with E-state index in [1.165, 1.54) is 0 Å². The Balaban J connectivity index is 2.09. The maximum absolute atomic E-state index is 5.37. The fourth-order valence-corrected chi connectivity index (χ4v) is 1.65. The maximum Gasteiger partial charge on any atom is 0.243 e. The average molecular weight is 277 g/mol. The molecule has 9 heteroatoms. The zero-order chi connectivity index (χ0) is 14.5. The number of hydrogen-bond donors (Lipinski definition) is 3. The number of hydrogen-bond acceptors (Lipinski definition) is 8. The fraction of sp³-hybridized carbons (Fsp3) is 0.455. The van der Waals surface area contributed by atoms with Gasteiger partial charge >= 0.3 is 0 Å². The summed E-state index contributed by atoms with van der Waals surface area (Å²) < 4.78 is 1.84. The van der Waals surface area contributed by atoms with Crippen LogP contribution in [0.5, 0.6) is 0 Å². The summed E-state index contributed by atoms with van der Waals surface area (Å²) in [5.74, 6) is 6.68. The molecule has 4 N–H and O–H groups in total. The lowest BCUT2D eigenvalue weighted by molar-refractivity contribution is 0.558. The number of nitrogens with one attached hydrogen (secondary N) is 2. The molecule has 0 aliphatic heterocycles. The number of nitrogen functional groups attached to an aromatic ring is 1. The first-order valence-corrected chi connectivity index (χ1v) is 6.22. The van der Waals surface area contributed by atoms with Gasteiger partial charge in [0.25, 0.3) is 0 Å². The molecule has 2 heterocycles. The normalized spacial score (nSPS) is 12.0. The van der Waals surface area contributed by atoms with Crippen molar-refractivity contribution in [1.82, 2.24) is 24.7 Å². The van der Waals surface area contributed by atoms with Crippen molar-refractivity contribution < 1.29 is 0 Å². The number of rotatable bonds is 6. The van der Waals surface area contributed by atoms with Gasteiger partial charge in [-0.05, 0) is 13.0 Å². The van der Waals surface area contributed by atoms with Crippen LogP contribution >= 0.6 is 0 Å². The van der Waals surface area contributed by atoms with E-state index in [0.29, 0.717) is 24.4 Å². The number of nitrogens with zero attached hydrogens (tertiary/aromatic N) is 6. The Morgan fingerprint density at radius 1 is 1.30 bits per heavy atom. The predicted octanol–water partition coefficient (Wildman–Crippen LogP) is -0.0797. The third-order valence-electron chi connectivity index (χ3n) is 2.55. The molecule has 0 aliphatic carbocycles. The summed E-state index contributed by atoms with van der Waals surface area (Å²) in [5.41, 5.74) is 2.43. The number of hydrazine groups is 1. The Hall–Kier alpha value is -2.42. The van der Waals surface area contributed by atoms with Gasteiger partial charge in [-0.3, -0.25) is 10.1 Å². The summed E-state index contributed by atoms with van der Waals surface area (Å²) in [6.07, 6.45) is 3.65. The van der Waals surface area contributed by atoms with Crippen LogP contribution in [0.25, 0.3) is 0 Å². The summed E-state index contributed by atoms with van der Waals surface area (Å²) in [7, 11) is 3.71. The molecule has 0 radical (unpaired) electrons. The topological polar surface area (TPSA) is 110 Å². The van der Waals surface area contributed by atoms with Crippen LogP contribution in [0.15, 0.2) is 18.5 Å². The minimum absolute atomic E-state index is 0.109. The summed E-state index contributed by atoms with van der Waals surface area (Å²) in [6, 6.07) is 1.99. The second-order valence-electron chi connectivity index (χ2n) is 4.59. The van der Waals surface area contributed by atoms with Crippen molar-refractivity contribution in [3.63, 3.8) is 0 Å². The van der Waals surface area contributed by atoms with Gasteiger partial charge in [0.05, 0.1) is 6.54 Å². The number of aromatic nitrogens is 5. The second-order valence-corrected chi connectivity index (χ2v) is 4.59. The molecule has 0 fully saturated rings. The van der Waals surface area contributed by atoms with E-state index in [-0.39, 0.29) is 6.04 Å². The first-order chi connectivity index (χ1) is 9.58. The van der Waals surface area contributed by atoms with Gasteiger partial charge in [-0.15, -0.1) is 0 Å². The van der Waals surface area contributed by atoms with Crippen molar-refractivity contribution in [1.29, 1.82) is 0 Å². The van der Waals surface area contributed by atoms with Crippen LogP contribution in [0.2, 0.25) is 0 Å². The van der Waals surface area contributed by atoms with E-state index in [2.05, 4.69) is 30.8 Å². The van der Waals surface area contributed by atoms with Gasteiger partial charge in [0.2, 0.25) is 17.8 Å². The van der Waals surface area contributed by atoms with Gasteiger partial charge in [0, 0.05) is 32.5 Å². The first kappa shape index (κ1) is 14.0. The van der Waals surface area contributed by atoms with Crippen LogP contribution in [0.3, 0.4) is 0 Å². The molecule has 1 unspecified atom stereocenters. The van der Waals surface area contributed by atoms with E-state index in [4.69, 9.17) is 5.84 Å². The zero-order valence-corrected chi connectivity index (χ0v) is 11.8. The minimum atomic E-state index is 0.109. The highest BCUT2D eigenvalue weighted by molar-refractivity contribution is 5.42. The van der Waals surface area contributed by atoms with E-state index < -0.39 is 0 Å².